The normalized spacial score (nSPS) is 10.9. The lowest BCUT2D eigenvalue weighted by atomic mass is 10.2. The summed E-state index contributed by atoms with van der Waals surface area (Å²) >= 11 is 0. The van der Waals surface area contributed by atoms with E-state index in [4.69, 9.17) is 0 Å². The molecule has 1 amide bonds. The average molecular weight is 307 g/mol. The van der Waals surface area contributed by atoms with Crippen LogP contribution in [-0.4, -0.2) is 15.3 Å². The van der Waals surface area contributed by atoms with Crippen LogP contribution in [0.15, 0.2) is 42.6 Å². The average Bonchev–Trinajstić information content (AvgIpc) is 2.84. The third kappa shape index (κ3) is 3.11. The molecule has 4 nitrogen and oxygen atoms in total. The minimum absolute atomic E-state index is 0.115. The highest BCUT2D eigenvalue weighted by molar-refractivity contribution is 6.04. The Bertz CT molecular complexity index is 864. The van der Waals surface area contributed by atoms with Crippen molar-refractivity contribution in [1.82, 2.24) is 9.38 Å². The number of nitrogens with zero attached hydrogens (tertiary/aromatic N) is 2. The monoisotopic (exact) mass is 307 g/mol. The number of amides is 1. The van der Waals surface area contributed by atoms with Crippen LogP contribution in [0, 0.1) is 13.8 Å². The van der Waals surface area contributed by atoms with E-state index in [-0.39, 0.29) is 5.91 Å². The maximum absolute atomic E-state index is 12.8. The van der Waals surface area contributed by atoms with Crippen molar-refractivity contribution in [2.45, 2.75) is 33.6 Å². The Morgan fingerprint density at radius 1 is 1.17 bits per heavy atom. The van der Waals surface area contributed by atoms with Crippen LogP contribution in [0.4, 0.5) is 5.69 Å². The highest BCUT2D eigenvalue weighted by Crippen LogP contribution is 2.18. The zero-order valence-electron chi connectivity index (χ0n) is 13.8. The summed E-state index contributed by atoms with van der Waals surface area (Å²) in [4.78, 5) is 17.5. The van der Waals surface area contributed by atoms with E-state index in [1.807, 2.05) is 60.8 Å². The van der Waals surface area contributed by atoms with Crippen LogP contribution in [0.2, 0.25) is 0 Å². The minimum atomic E-state index is -0.115. The second kappa shape index (κ2) is 6.24. The molecule has 0 spiro atoms. The summed E-state index contributed by atoms with van der Waals surface area (Å²) in [6.07, 6.45) is 3.66. The number of carbonyl (C=O) groups is 1. The highest BCUT2D eigenvalue weighted by atomic mass is 16.2. The molecule has 0 saturated heterocycles. The first-order valence-electron chi connectivity index (χ1n) is 7.94. The van der Waals surface area contributed by atoms with Crippen LogP contribution in [-0.2, 0) is 6.42 Å². The van der Waals surface area contributed by atoms with Gasteiger partial charge in [-0.25, -0.2) is 4.98 Å². The minimum Gasteiger partial charge on any atom is -0.321 e. The molecule has 4 heteroatoms. The van der Waals surface area contributed by atoms with Crippen LogP contribution < -0.4 is 5.32 Å². The summed E-state index contributed by atoms with van der Waals surface area (Å²) in [7, 11) is 0. The number of aryl methyl sites for hydroxylation is 3. The van der Waals surface area contributed by atoms with Crippen molar-refractivity contribution in [2.24, 2.45) is 0 Å². The number of nitrogens with one attached hydrogen (secondary N) is 1. The fraction of sp³-hybridized carbons (Fsp3) is 0.263. The number of anilines is 1. The van der Waals surface area contributed by atoms with Gasteiger partial charge in [-0.15, -0.1) is 0 Å². The summed E-state index contributed by atoms with van der Waals surface area (Å²) < 4.78 is 1.88. The number of hydrogen-bond donors (Lipinski definition) is 1. The number of benzene rings is 1. The fourth-order valence-electron chi connectivity index (χ4n) is 2.76. The molecule has 3 rings (SSSR count). The van der Waals surface area contributed by atoms with Crippen molar-refractivity contribution in [1.29, 1.82) is 0 Å². The number of aromatic nitrogens is 2. The van der Waals surface area contributed by atoms with Gasteiger partial charge in [-0.1, -0.05) is 25.5 Å². The van der Waals surface area contributed by atoms with Gasteiger partial charge >= 0.3 is 0 Å². The molecule has 1 N–H and O–H groups in total. The first-order valence-corrected chi connectivity index (χ1v) is 7.94. The van der Waals surface area contributed by atoms with Crippen LogP contribution in [0.1, 0.15) is 40.7 Å². The highest BCUT2D eigenvalue weighted by Gasteiger charge is 2.19. The van der Waals surface area contributed by atoms with Gasteiger partial charge < -0.3 is 5.32 Å². The van der Waals surface area contributed by atoms with E-state index < -0.39 is 0 Å². The molecule has 1 aromatic carbocycles. The summed E-state index contributed by atoms with van der Waals surface area (Å²) in [6, 6.07) is 11.8. The number of fused-ring (bicyclic) bond motifs is 1. The number of rotatable bonds is 4. The maximum Gasteiger partial charge on any atom is 0.274 e. The van der Waals surface area contributed by atoms with Gasteiger partial charge in [-0.3, -0.25) is 9.20 Å². The zero-order chi connectivity index (χ0) is 16.4. The summed E-state index contributed by atoms with van der Waals surface area (Å²) in [6.45, 7) is 6.13. The van der Waals surface area contributed by atoms with Crippen molar-refractivity contribution in [3.05, 3.63) is 65.1 Å². The first-order chi connectivity index (χ1) is 11.1. The molecule has 23 heavy (non-hydrogen) atoms. The van der Waals surface area contributed by atoms with E-state index in [1.54, 1.807) is 0 Å². The standard InChI is InChI=1S/C19H21N3O/c1-4-6-16-18(22-10-9-14(3)12-17(22)21-16)19(23)20-15-8-5-7-13(2)11-15/h5,7-12H,4,6H2,1-3H3,(H,20,23). The molecular weight excluding hydrogens is 286 g/mol. The topological polar surface area (TPSA) is 46.4 Å². The molecule has 0 atom stereocenters. The molecule has 0 aliphatic carbocycles. The molecule has 0 saturated carbocycles. The van der Waals surface area contributed by atoms with Crippen molar-refractivity contribution < 1.29 is 4.79 Å². The van der Waals surface area contributed by atoms with Gasteiger partial charge in [0.2, 0.25) is 0 Å². The fourth-order valence-corrected chi connectivity index (χ4v) is 2.76. The maximum atomic E-state index is 12.8. The number of pyridine rings is 1. The van der Waals surface area contributed by atoms with Crippen molar-refractivity contribution in [3.8, 4) is 0 Å². The lowest BCUT2D eigenvalue weighted by Gasteiger charge is -2.08. The SMILES string of the molecule is CCCc1nc2cc(C)ccn2c1C(=O)Nc1cccc(C)c1. The Hall–Kier alpha value is -2.62. The van der Waals surface area contributed by atoms with Crippen LogP contribution >= 0.6 is 0 Å². The number of hydrogen-bond acceptors (Lipinski definition) is 2. The van der Waals surface area contributed by atoms with Crippen molar-refractivity contribution >= 4 is 17.2 Å². The first kappa shape index (κ1) is 15.3. The third-order valence-electron chi connectivity index (χ3n) is 3.83. The van der Waals surface area contributed by atoms with Gasteiger partial charge in [0.25, 0.3) is 5.91 Å². The third-order valence-corrected chi connectivity index (χ3v) is 3.83. The molecule has 0 bridgehead atoms. The zero-order valence-corrected chi connectivity index (χ0v) is 13.8. The quantitative estimate of drug-likeness (QED) is 0.787. The predicted molar refractivity (Wildman–Crippen MR) is 93.1 cm³/mol. The van der Waals surface area contributed by atoms with Gasteiger partial charge in [0, 0.05) is 11.9 Å². The Kier molecular flexibility index (Phi) is 4.15. The largest absolute Gasteiger partial charge is 0.321 e. The molecule has 2 aromatic heterocycles. The van der Waals surface area contributed by atoms with Crippen molar-refractivity contribution in [3.63, 3.8) is 0 Å². The summed E-state index contributed by atoms with van der Waals surface area (Å²) in [5.74, 6) is -0.115. The van der Waals surface area contributed by atoms with E-state index in [0.29, 0.717) is 5.69 Å². The lowest BCUT2D eigenvalue weighted by Crippen LogP contribution is -2.16. The molecule has 118 valence electrons. The molecule has 0 aliphatic heterocycles. The molecule has 3 aromatic rings. The van der Waals surface area contributed by atoms with Gasteiger partial charge in [-0.2, -0.15) is 0 Å². The Morgan fingerprint density at radius 3 is 2.70 bits per heavy atom. The van der Waals surface area contributed by atoms with Crippen LogP contribution in [0.25, 0.3) is 5.65 Å². The molecular formula is C19H21N3O. The van der Waals surface area contributed by atoms with E-state index in [1.165, 1.54) is 0 Å². The van der Waals surface area contributed by atoms with Gasteiger partial charge in [0.1, 0.15) is 11.3 Å². The lowest BCUT2D eigenvalue weighted by molar-refractivity contribution is 0.102. The number of carbonyl (C=O) groups excluding carboxylic acids is 1. The van der Waals surface area contributed by atoms with E-state index in [0.717, 1.165) is 41.0 Å². The van der Waals surface area contributed by atoms with Gasteiger partial charge in [-0.05, 0) is 55.7 Å². The molecule has 2 heterocycles. The molecule has 0 aliphatic rings. The summed E-state index contributed by atoms with van der Waals surface area (Å²) in [5, 5.41) is 2.99. The van der Waals surface area contributed by atoms with Gasteiger partial charge in [0.15, 0.2) is 0 Å². The number of imidazole rings is 1. The Morgan fingerprint density at radius 2 is 1.96 bits per heavy atom. The van der Waals surface area contributed by atoms with Crippen LogP contribution in [0.3, 0.4) is 0 Å². The van der Waals surface area contributed by atoms with Crippen LogP contribution in [0.5, 0.6) is 0 Å². The van der Waals surface area contributed by atoms with E-state index in [2.05, 4.69) is 17.2 Å². The Balaban J connectivity index is 2.02. The molecule has 0 radical (unpaired) electrons. The van der Waals surface area contributed by atoms with E-state index >= 15 is 0 Å². The smallest absolute Gasteiger partial charge is 0.274 e. The second-order valence-electron chi connectivity index (χ2n) is 5.91. The van der Waals surface area contributed by atoms with Gasteiger partial charge in [0.05, 0.1) is 5.69 Å². The molecule has 0 unspecified atom stereocenters. The second-order valence-corrected chi connectivity index (χ2v) is 5.91. The van der Waals surface area contributed by atoms with E-state index in [9.17, 15) is 4.79 Å². The predicted octanol–water partition coefficient (Wildman–Crippen LogP) is 4.16. The Labute approximate surface area is 136 Å². The van der Waals surface area contributed by atoms with Crippen molar-refractivity contribution in [2.75, 3.05) is 5.32 Å². The summed E-state index contributed by atoms with van der Waals surface area (Å²) in [5.41, 5.74) is 5.36. The molecule has 0 fully saturated rings.